The van der Waals surface area contributed by atoms with Gasteiger partial charge in [0.15, 0.2) is 11.5 Å². The second-order valence-electron chi connectivity index (χ2n) is 6.19. The van der Waals surface area contributed by atoms with Crippen molar-refractivity contribution in [2.45, 2.75) is 32.1 Å². The van der Waals surface area contributed by atoms with E-state index in [1.165, 1.54) is 11.3 Å². The predicted octanol–water partition coefficient (Wildman–Crippen LogP) is 2.70. The molecular formula is C18H19N3O4S. The molecule has 3 aromatic rings. The Balaban J connectivity index is 1.43. The van der Waals surface area contributed by atoms with E-state index >= 15 is 0 Å². The number of fused-ring (bicyclic) bond motifs is 1. The number of carbonyl (C=O) groups excluding carboxylic acids is 1. The topological polar surface area (TPSA) is 86.5 Å². The third-order valence-electron chi connectivity index (χ3n) is 4.31. The van der Waals surface area contributed by atoms with Gasteiger partial charge in [0.2, 0.25) is 0 Å². The summed E-state index contributed by atoms with van der Waals surface area (Å²) in [5.41, 5.74) is 4.56. The minimum atomic E-state index is -0.203. The van der Waals surface area contributed by atoms with Gasteiger partial charge in [-0.3, -0.25) is 4.79 Å². The lowest BCUT2D eigenvalue weighted by Crippen LogP contribution is -2.49. The molecule has 1 N–H and O–H groups in total. The lowest BCUT2D eigenvalue weighted by molar-refractivity contribution is -0.0742. The number of oxazole rings is 1. The van der Waals surface area contributed by atoms with Crippen LogP contribution in [-0.4, -0.2) is 41.2 Å². The lowest BCUT2D eigenvalue weighted by atomic mass is 10.0. The number of amides is 1. The number of thiazole rings is 1. The van der Waals surface area contributed by atoms with Crippen molar-refractivity contribution >= 4 is 28.3 Å². The fourth-order valence-electron chi connectivity index (χ4n) is 2.98. The molecule has 3 heterocycles. The number of rotatable bonds is 5. The van der Waals surface area contributed by atoms with E-state index in [0.717, 1.165) is 11.2 Å². The highest BCUT2D eigenvalue weighted by Gasteiger charge is 2.28. The van der Waals surface area contributed by atoms with Gasteiger partial charge in [0.05, 0.1) is 30.5 Å². The van der Waals surface area contributed by atoms with Gasteiger partial charge in [-0.2, -0.15) is 0 Å². The molecule has 2 aromatic heterocycles. The average Bonchev–Trinajstić information content (AvgIpc) is 3.28. The van der Waals surface area contributed by atoms with Gasteiger partial charge in [-0.05, 0) is 24.6 Å². The number of carbonyl (C=O) groups is 1. The Morgan fingerprint density at radius 2 is 2.38 bits per heavy atom. The molecule has 0 radical (unpaired) electrons. The van der Waals surface area contributed by atoms with Crippen LogP contribution in [0, 0.1) is 6.92 Å². The van der Waals surface area contributed by atoms with Gasteiger partial charge in [0.1, 0.15) is 11.6 Å². The van der Waals surface area contributed by atoms with Gasteiger partial charge in [-0.25, -0.2) is 9.97 Å². The van der Waals surface area contributed by atoms with E-state index in [2.05, 4.69) is 15.3 Å². The van der Waals surface area contributed by atoms with E-state index in [0.29, 0.717) is 43.3 Å². The van der Waals surface area contributed by atoms with E-state index in [4.69, 9.17) is 13.9 Å². The first kappa shape index (κ1) is 17.1. The fourth-order valence-corrected chi connectivity index (χ4v) is 3.52. The summed E-state index contributed by atoms with van der Waals surface area (Å²) in [7, 11) is 0. The number of hydrogen-bond acceptors (Lipinski definition) is 7. The third kappa shape index (κ3) is 3.77. The van der Waals surface area contributed by atoms with E-state index in [1.807, 2.05) is 5.38 Å². The molecule has 0 bridgehead atoms. The Morgan fingerprint density at radius 1 is 1.46 bits per heavy atom. The van der Waals surface area contributed by atoms with Crippen LogP contribution >= 0.6 is 11.3 Å². The molecule has 1 amide bonds. The average molecular weight is 373 g/mol. The van der Waals surface area contributed by atoms with E-state index < -0.39 is 0 Å². The van der Waals surface area contributed by atoms with Crippen molar-refractivity contribution in [2.24, 2.45) is 0 Å². The van der Waals surface area contributed by atoms with Crippen LogP contribution in [0.3, 0.4) is 0 Å². The molecule has 4 rings (SSSR count). The molecule has 2 atom stereocenters. The zero-order valence-electron chi connectivity index (χ0n) is 14.3. The molecule has 7 nitrogen and oxygen atoms in total. The lowest BCUT2D eigenvalue weighted by Gasteiger charge is -2.32. The standard InChI is InChI=1S/C18H19N3O4S/c1-11-20-14-3-2-12(6-16(14)25-11)18(22)21-15-4-5-23-8-17(15)24-7-13-9-26-10-19-13/h2-3,6,9-10,15,17H,4-5,7-8H2,1H3,(H,21,22)/t15-,17-/m1/s1. The first-order valence-corrected chi connectivity index (χ1v) is 9.38. The number of nitrogens with zero attached hydrogens (tertiary/aromatic N) is 2. The molecule has 0 spiro atoms. The number of hydrogen-bond donors (Lipinski definition) is 1. The Morgan fingerprint density at radius 3 is 3.23 bits per heavy atom. The van der Waals surface area contributed by atoms with Crippen molar-refractivity contribution in [3.63, 3.8) is 0 Å². The summed E-state index contributed by atoms with van der Waals surface area (Å²) >= 11 is 1.53. The maximum absolute atomic E-state index is 12.7. The molecule has 26 heavy (non-hydrogen) atoms. The van der Waals surface area contributed by atoms with Crippen LogP contribution in [0.4, 0.5) is 0 Å². The minimum absolute atomic E-state index is 0.109. The molecule has 136 valence electrons. The van der Waals surface area contributed by atoms with Crippen LogP contribution in [0.5, 0.6) is 0 Å². The molecule has 0 unspecified atom stereocenters. The van der Waals surface area contributed by atoms with Crippen LogP contribution in [0.1, 0.15) is 28.4 Å². The third-order valence-corrected chi connectivity index (χ3v) is 4.94. The Kier molecular flexibility index (Phi) is 4.96. The molecule has 1 aliphatic heterocycles. The summed E-state index contributed by atoms with van der Waals surface area (Å²) in [5.74, 6) is 0.424. The van der Waals surface area contributed by atoms with Crippen molar-refractivity contribution < 1.29 is 18.7 Å². The maximum Gasteiger partial charge on any atom is 0.251 e. The van der Waals surface area contributed by atoms with Crippen molar-refractivity contribution in [2.75, 3.05) is 13.2 Å². The second-order valence-corrected chi connectivity index (χ2v) is 6.91. The summed E-state index contributed by atoms with van der Waals surface area (Å²) < 4.78 is 16.9. The van der Waals surface area contributed by atoms with Crippen LogP contribution < -0.4 is 5.32 Å². The summed E-state index contributed by atoms with van der Waals surface area (Å²) in [5, 5.41) is 5.01. The molecule has 1 fully saturated rings. The zero-order chi connectivity index (χ0) is 17.9. The van der Waals surface area contributed by atoms with Gasteiger partial charge in [-0.15, -0.1) is 11.3 Å². The van der Waals surface area contributed by atoms with Gasteiger partial charge in [0, 0.05) is 24.5 Å². The fraction of sp³-hybridized carbons (Fsp3) is 0.389. The molecule has 8 heteroatoms. The molecule has 1 aliphatic rings. The minimum Gasteiger partial charge on any atom is -0.441 e. The summed E-state index contributed by atoms with van der Waals surface area (Å²) in [6.07, 6.45) is 0.502. The maximum atomic E-state index is 12.7. The van der Waals surface area contributed by atoms with Gasteiger partial charge in [-0.1, -0.05) is 0 Å². The number of ether oxygens (including phenoxy) is 2. The van der Waals surface area contributed by atoms with Crippen molar-refractivity contribution in [3.8, 4) is 0 Å². The van der Waals surface area contributed by atoms with Gasteiger partial charge < -0.3 is 19.2 Å². The van der Waals surface area contributed by atoms with Crippen molar-refractivity contribution in [3.05, 3.63) is 46.2 Å². The first-order chi connectivity index (χ1) is 12.7. The molecular weight excluding hydrogens is 354 g/mol. The number of aryl methyl sites for hydroxylation is 1. The number of aromatic nitrogens is 2. The highest BCUT2D eigenvalue weighted by molar-refractivity contribution is 7.07. The van der Waals surface area contributed by atoms with Gasteiger partial charge >= 0.3 is 0 Å². The van der Waals surface area contributed by atoms with E-state index in [9.17, 15) is 4.79 Å². The Hall–Kier alpha value is -2.29. The largest absolute Gasteiger partial charge is 0.441 e. The Bertz CT molecular complexity index is 893. The van der Waals surface area contributed by atoms with Crippen LogP contribution in [0.15, 0.2) is 33.5 Å². The second kappa shape index (κ2) is 7.53. The summed E-state index contributed by atoms with van der Waals surface area (Å²) in [6.45, 7) is 3.25. The smallest absolute Gasteiger partial charge is 0.251 e. The Labute approximate surface area is 154 Å². The van der Waals surface area contributed by atoms with Crippen LogP contribution in [-0.2, 0) is 16.1 Å². The number of nitrogens with one attached hydrogen (secondary N) is 1. The monoisotopic (exact) mass is 373 g/mol. The highest BCUT2D eigenvalue weighted by Crippen LogP contribution is 2.18. The molecule has 1 saturated heterocycles. The van der Waals surface area contributed by atoms with Crippen molar-refractivity contribution in [1.82, 2.24) is 15.3 Å². The highest BCUT2D eigenvalue weighted by atomic mass is 32.1. The molecule has 0 saturated carbocycles. The van der Waals surface area contributed by atoms with E-state index in [-0.39, 0.29) is 18.1 Å². The summed E-state index contributed by atoms with van der Waals surface area (Å²) in [4.78, 5) is 21.1. The predicted molar refractivity (Wildman–Crippen MR) is 96.1 cm³/mol. The first-order valence-electron chi connectivity index (χ1n) is 8.43. The molecule has 0 aliphatic carbocycles. The summed E-state index contributed by atoms with van der Waals surface area (Å²) in [6, 6.07) is 5.15. The van der Waals surface area contributed by atoms with Crippen molar-refractivity contribution in [1.29, 1.82) is 0 Å². The molecule has 1 aromatic carbocycles. The quantitative estimate of drug-likeness (QED) is 0.740. The van der Waals surface area contributed by atoms with Gasteiger partial charge in [0.25, 0.3) is 5.91 Å². The SMILES string of the molecule is Cc1nc2ccc(C(=O)N[C@@H]3CCOC[C@H]3OCc3cscn3)cc2o1. The van der Waals surface area contributed by atoms with Crippen LogP contribution in [0.2, 0.25) is 0 Å². The zero-order valence-corrected chi connectivity index (χ0v) is 15.1. The van der Waals surface area contributed by atoms with Crippen LogP contribution in [0.25, 0.3) is 11.1 Å². The van der Waals surface area contributed by atoms with E-state index in [1.54, 1.807) is 30.6 Å². The normalized spacial score (nSPS) is 20.3. The number of benzene rings is 1.